The Kier molecular flexibility index (Phi) is 6.18. The molecule has 0 aromatic carbocycles. The highest BCUT2D eigenvalue weighted by Gasteiger charge is 2.32. The van der Waals surface area contributed by atoms with E-state index in [4.69, 9.17) is 4.74 Å². The molecule has 0 aromatic rings. The lowest BCUT2D eigenvalue weighted by atomic mass is 10.2. The Morgan fingerprint density at radius 2 is 2.05 bits per heavy atom. The van der Waals surface area contributed by atoms with Crippen LogP contribution in [-0.4, -0.2) is 58.7 Å². The summed E-state index contributed by atoms with van der Waals surface area (Å²) in [6.07, 6.45) is 2.52. The zero-order valence-electron chi connectivity index (χ0n) is 11.6. The molecular weight excluding hydrogens is 272 g/mol. The third-order valence-electron chi connectivity index (χ3n) is 3.32. The van der Waals surface area contributed by atoms with Crippen LogP contribution in [0, 0.1) is 0 Å². The van der Waals surface area contributed by atoms with Crippen LogP contribution < -0.4 is 4.72 Å². The van der Waals surface area contributed by atoms with Crippen LogP contribution >= 0.6 is 0 Å². The van der Waals surface area contributed by atoms with Crippen LogP contribution in [0.4, 0.5) is 0 Å². The Hall–Kier alpha value is -0.700. The lowest BCUT2D eigenvalue weighted by Crippen LogP contribution is -2.47. The maximum atomic E-state index is 12.1. The number of ether oxygens (including phenoxy) is 2. The van der Waals surface area contributed by atoms with Gasteiger partial charge in [0.2, 0.25) is 0 Å². The SMILES string of the molecule is COC(=O)CCN(C)S(=O)(=O)NC1CCCC1OC. The van der Waals surface area contributed by atoms with Gasteiger partial charge in [0.25, 0.3) is 10.2 Å². The predicted molar refractivity (Wildman–Crippen MR) is 69.8 cm³/mol. The lowest BCUT2D eigenvalue weighted by Gasteiger charge is -2.23. The molecule has 0 heterocycles. The van der Waals surface area contributed by atoms with E-state index in [2.05, 4.69) is 9.46 Å². The lowest BCUT2D eigenvalue weighted by molar-refractivity contribution is -0.140. The highest BCUT2D eigenvalue weighted by molar-refractivity contribution is 7.87. The van der Waals surface area contributed by atoms with Crippen LogP contribution in [0.3, 0.4) is 0 Å². The molecular formula is C11H22N2O5S. The summed E-state index contributed by atoms with van der Waals surface area (Å²) in [5.41, 5.74) is 0. The van der Waals surface area contributed by atoms with Crippen molar-refractivity contribution < 1.29 is 22.7 Å². The molecule has 2 unspecified atom stereocenters. The molecule has 0 spiro atoms. The Balaban J connectivity index is 2.52. The number of hydrogen-bond acceptors (Lipinski definition) is 5. The third kappa shape index (κ3) is 4.72. The molecule has 19 heavy (non-hydrogen) atoms. The molecule has 2 atom stereocenters. The van der Waals surface area contributed by atoms with Crippen molar-refractivity contribution in [1.82, 2.24) is 9.03 Å². The van der Waals surface area contributed by atoms with Gasteiger partial charge >= 0.3 is 5.97 Å². The summed E-state index contributed by atoms with van der Waals surface area (Å²) in [4.78, 5) is 11.0. The Bertz CT molecular complexity index is 398. The van der Waals surface area contributed by atoms with Crippen molar-refractivity contribution in [3.8, 4) is 0 Å². The second-order valence-corrected chi connectivity index (χ2v) is 6.39. The van der Waals surface area contributed by atoms with E-state index in [9.17, 15) is 13.2 Å². The van der Waals surface area contributed by atoms with Crippen molar-refractivity contribution in [3.05, 3.63) is 0 Å². The molecule has 1 rings (SSSR count). The zero-order valence-corrected chi connectivity index (χ0v) is 12.4. The van der Waals surface area contributed by atoms with E-state index in [1.807, 2.05) is 0 Å². The topological polar surface area (TPSA) is 84.9 Å². The van der Waals surface area contributed by atoms with Gasteiger partial charge in [-0.3, -0.25) is 4.79 Å². The first-order valence-corrected chi connectivity index (χ1v) is 7.68. The molecule has 7 nitrogen and oxygen atoms in total. The summed E-state index contributed by atoms with van der Waals surface area (Å²) in [6, 6.07) is -0.199. The van der Waals surface area contributed by atoms with Gasteiger partial charge in [-0.25, -0.2) is 0 Å². The first-order valence-electron chi connectivity index (χ1n) is 6.24. The molecule has 0 aliphatic heterocycles. The fraction of sp³-hybridized carbons (Fsp3) is 0.909. The van der Waals surface area contributed by atoms with Gasteiger partial charge in [-0.1, -0.05) is 0 Å². The number of nitrogens with one attached hydrogen (secondary N) is 1. The van der Waals surface area contributed by atoms with Crippen LogP contribution in [0.1, 0.15) is 25.7 Å². The van der Waals surface area contributed by atoms with Gasteiger partial charge in [0, 0.05) is 26.7 Å². The first kappa shape index (κ1) is 16.4. The van der Waals surface area contributed by atoms with E-state index in [1.165, 1.54) is 14.2 Å². The van der Waals surface area contributed by atoms with Crippen LogP contribution in [0.5, 0.6) is 0 Å². The Labute approximate surface area is 114 Å². The molecule has 0 bridgehead atoms. The molecule has 0 saturated heterocycles. The first-order chi connectivity index (χ1) is 8.90. The summed E-state index contributed by atoms with van der Waals surface area (Å²) >= 11 is 0. The van der Waals surface area contributed by atoms with E-state index >= 15 is 0 Å². The minimum Gasteiger partial charge on any atom is -0.469 e. The van der Waals surface area contributed by atoms with Crippen molar-refractivity contribution in [2.75, 3.05) is 27.8 Å². The van der Waals surface area contributed by atoms with Crippen LogP contribution in [0.2, 0.25) is 0 Å². The standard InChI is InChI=1S/C11H22N2O5S/c1-13(8-7-11(14)18-3)19(15,16)12-9-5-4-6-10(9)17-2/h9-10,12H,4-8H2,1-3H3. The average molecular weight is 294 g/mol. The number of carbonyl (C=O) groups excluding carboxylic acids is 1. The maximum absolute atomic E-state index is 12.1. The molecule has 1 N–H and O–H groups in total. The molecule has 1 aliphatic rings. The predicted octanol–water partition coefficient (Wildman–Crippen LogP) is -0.117. The summed E-state index contributed by atoms with van der Waals surface area (Å²) in [6.45, 7) is 0.0897. The van der Waals surface area contributed by atoms with E-state index in [-0.39, 0.29) is 25.1 Å². The molecule has 112 valence electrons. The molecule has 1 fully saturated rings. The molecule has 8 heteroatoms. The smallest absolute Gasteiger partial charge is 0.306 e. The van der Waals surface area contributed by atoms with Crippen LogP contribution in [0.15, 0.2) is 0 Å². The number of rotatable bonds is 7. The van der Waals surface area contributed by atoms with Crippen molar-refractivity contribution >= 4 is 16.2 Å². The summed E-state index contributed by atoms with van der Waals surface area (Å²) < 4.78 is 37.6. The van der Waals surface area contributed by atoms with Gasteiger partial charge in [-0.15, -0.1) is 0 Å². The minimum absolute atomic E-state index is 0.0340. The number of nitrogens with zero attached hydrogens (tertiary/aromatic N) is 1. The van der Waals surface area contributed by atoms with Gasteiger partial charge in [0.1, 0.15) is 0 Å². The molecule has 1 saturated carbocycles. The van der Waals surface area contributed by atoms with Gasteiger partial charge in [0.05, 0.1) is 19.6 Å². The number of carbonyl (C=O) groups is 1. The summed E-state index contributed by atoms with van der Waals surface area (Å²) in [5, 5.41) is 0. The van der Waals surface area contributed by atoms with Crippen molar-refractivity contribution in [1.29, 1.82) is 0 Å². The van der Waals surface area contributed by atoms with Crippen molar-refractivity contribution in [2.45, 2.75) is 37.8 Å². The number of hydrogen-bond donors (Lipinski definition) is 1. The summed E-state index contributed by atoms with van der Waals surface area (Å²) in [5.74, 6) is -0.433. The molecule has 0 radical (unpaired) electrons. The third-order valence-corrected chi connectivity index (χ3v) is 4.93. The second kappa shape index (κ2) is 7.18. The Morgan fingerprint density at radius 3 is 2.63 bits per heavy atom. The van der Waals surface area contributed by atoms with Gasteiger partial charge in [0.15, 0.2) is 0 Å². The van der Waals surface area contributed by atoms with Gasteiger partial charge in [-0.2, -0.15) is 17.4 Å². The normalized spacial score (nSPS) is 23.8. The molecule has 0 aromatic heterocycles. The summed E-state index contributed by atoms with van der Waals surface area (Å²) in [7, 11) is 0.694. The van der Waals surface area contributed by atoms with Gasteiger partial charge in [-0.05, 0) is 19.3 Å². The van der Waals surface area contributed by atoms with Crippen molar-refractivity contribution in [2.24, 2.45) is 0 Å². The monoisotopic (exact) mass is 294 g/mol. The minimum atomic E-state index is -3.60. The fourth-order valence-corrected chi connectivity index (χ4v) is 3.26. The number of esters is 1. The van der Waals surface area contributed by atoms with Crippen LogP contribution in [-0.2, 0) is 24.5 Å². The van der Waals surface area contributed by atoms with E-state index < -0.39 is 16.2 Å². The molecule has 0 amide bonds. The molecule has 1 aliphatic carbocycles. The number of methoxy groups -OCH3 is 2. The average Bonchev–Trinajstić information content (AvgIpc) is 2.81. The van der Waals surface area contributed by atoms with Gasteiger partial charge < -0.3 is 9.47 Å². The largest absolute Gasteiger partial charge is 0.469 e. The Morgan fingerprint density at radius 1 is 1.37 bits per heavy atom. The van der Waals surface area contributed by atoms with E-state index in [0.717, 1.165) is 23.6 Å². The fourth-order valence-electron chi connectivity index (χ4n) is 2.10. The van der Waals surface area contributed by atoms with E-state index in [0.29, 0.717) is 0 Å². The van der Waals surface area contributed by atoms with E-state index in [1.54, 1.807) is 7.11 Å². The van der Waals surface area contributed by atoms with Crippen LogP contribution in [0.25, 0.3) is 0 Å². The zero-order chi connectivity index (χ0) is 14.5. The van der Waals surface area contributed by atoms with Crippen molar-refractivity contribution in [3.63, 3.8) is 0 Å². The maximum Gasteiger partial charge on any atom is 0.306 e. The highest BCUT2D eigenvalue weighted by atomic mass is 32.2. The quantitative estimate of drug-likeness (QED) is 0.662. The second-order valence-electron chi connectivity index (χ2n) is 4.58. The highest BCUT2D eigenvalue weighted by Crippen LogP contribution is 2.22.